The molecule has 3 N–H and O–H groups in total. The molecule has 4 nitrogen and oxygen atoms in total. The molecule has 0 fully saturated rings. The topological polar surface area (TPSA) is 69.6 Å². The van der Waals surface area contributed by atoms with Crippen LogP contribution in [0, 0.1) is 0 Å². The zero-order valence-corrected chi connectivity index (χ0v) is 8.84. The molecule has 14 heavy (non-hydrogen) atoms. The van der Waals surface area contributed by atoms with Gasteiger partial charge in [-0.2, -0.15) is 0 Å². The van der Waals surface area contributed by atoms with Gasteiger partial charge in [-0.1, -0.05) is 20.4 Å². The van der Waals surface area contributed by atoms with Crippen LogP contribution in [-0.2, 0) is 4.79 Å². The summed E-state index contributed by atoms with van der Waals surface area (Å²) in [7, 11) is 0. The smallest absolute Gasteiger partial charge is 0.332 e. The van der Waals surface area contributed by atoms with Gasteiger partial charge in [-0.05, 0) is 12.8 Å². The molecular formula is C10H19NO3. The van der Waals surface area contributed by atoms with Crippen LogP contribution in [0.3, 0.4) is 0 Å². The predicted molar refractivity (Wildman–Crippen MR) is 55.2 cm³/mol. The van der Waals surface area contributed by atoms with Crippen molar-refractivity contribution in [2.75, 3.05) is 13.2 Å². The van der Waals surface area contributed by atoms with E-state index in [0.29, 0.717) is 0 Å². The largest absolute Gasteiger partial charge is 0.478 e. The van der Waals surface area contributed by atoms with Crippen molar-refractivity contribution in [3.05, 3.63) is 12.2 Å². The van der Waals surface area contributed by atoms with E-state index < -0.39 is 5.97 Å². The first-order valence-corrected chi connectivity index (χ1v) is 4.78. The van der Waals surface area contributed by atoms with Gasteiger partial charge in [-0.25, -0.2) is 4.79 Å². The zero-order chi connectivity index (χ0) is 11.2. The van der Waals surface area contributed by atoms with Crippen molar-refractivity contribution in [1.82, 2.24) is 5.32 Å². The molecule has 0 heterocycles. The zero-order valence-electron chi connectivity index (χ0n) is 8.84. The molecule has 0 aliphatic carbocycles. The fraction of sp³-hybridized carbons (Fsp3) is 0.700. The fourth-order valence-corrected chi connectivity index (χ4v) is 1.15. The second-order valence-corrected chi connectivity index (χ2v) is 3.41. The van der Waals surface area contributed by atoms with Crippen molar-refractivity contribution in [2.24, 2.45) is 0 Å². The molecule has 0 rings (SSSR count). The van der Waals surface area contributed by atoms with Gasteiger partial charge in [-0.15, -0.1) is 0 Å². The van der Waals surface area contributed by atoms with E-state index >= 15 is 0 Å². The first-order valence-electron chi connectivity index (χ1n) is 4.78. The first kappa shape index (κ1) is 13.1. The highest BCUT2D eigenvalue weighted by atomic mass is 16.4. The Morgan fingerprint density at radius 1 is 1.43 bits per heavy atom. The highest BCUT2D eigenvalue weighted by Gasteiger charge is 2.24. The summed E-state index contributed by atoms with van der Waals surface area (Å²) in [5.74, 6) is -1.00. The number of hydrogen-bond donors (Lipinski definition) is 3. The second-order valence-electron chi connectivity index (χ2n) is 3.41. The summed E-state index contributed by atoms with van der Waals surface area (Å²) in [6.45, 7) is 7.54. The van der Waals surface area contributed by atoms with Gasteiger partial charge in [0.05, 0.1) is 6.61 Å². The van der Waals surface area contributed by atoms with E-state index in [1.165, 1.54) is 0 Å². The van der Waals surface area contributed by atoms with Crippen LogP contribution in [0.1, 0.15) is 26.7 Å². The number of aliphatic carboxylic acids is 1. The lowest BCUT2D eigenvalue weighted by Crippen LogP contribution is -2.48. The molecule has 4 heteroatoms. The highest BCUT2D eigenvalue weighted by Crippen LogP contribution is 2.14. The molecule has 0 aliphatic heterocycles. The second kappa shape index (κ2) is 5.78. The third kappa shape index (κ3) is 3.47. The van der Waals surface area contributed by atoms with Crippen molar-refractivity contribution in [1.29, 1.82) is 0 Å². The number of aliphatic hydroxyl groups is 1. The summed E-state index contributed by atoms with van der Waals surface area (Å²) in [6, 6.07) is 0. The molecule has 0 aromatic rings. The van der Waals surface area contributed by atoms with Gasteiger partial charge in [-0.3, -0.25) is 0 Å². The lowest BCUT2D eigenvalue weighted by atomic mass is 9.93. The summed E-state index contributed by atoms with van der Waals surface area (Å²) in [6.07, 6.45) is 1.51. The summed E-state index contributed by atoms with van der Waals surface area (Å²) < 4.78 is 0. The van der Waals surface area contributed by atoms with E-state index in [4.69, 9.17) is 5.11 Å². The van der Waals surface area contributed by atoms with Gasteiger partial charge < -0.3 is 15.5 Å². The molecular weight excluding hydrogens is 182 g/mol. The maximum absolute atomic E-state index is 10.5. The monoisotopic (exact) mass is 201 g/mol. The molecule has 0 unspecified atom stereocenters. The first-order chi connectivity index (χ1) is 6.51. The third-order valence-corrected chi connectivity index (χ3v) is 2.64. The minimum atomic E-state index is -1.00. The number of aliphatic hydroxyl groups excluding tert-OH is 1. The number of carboxylic acids is 1. The predicted octanol–water partition coefficient (Wildman–Crippen LogP) is 0.768. The Labute approximate surface area is 84.6 Å². The van der Waals surface area contributed by atoms with E-state index in [1.54, 1.807) is 0 Å². The third-order valence-electron chi connectivity index (χ3n) is 2.64. The van der Waals surface area contributed by atoms with Gasteiger partial charge in [0.2, 0.25) is 0 Å². The van der Waals surface area contributed by atoms with Gasteiger partial charge in [0.15, 0.2) is 0 Å². The Kier molecular flexibility index (Phi) is 5.42. The van der Waals surface area contributed by atoms with E-state index in [2.05, 4.69) is 11.9 Å². The minimum Gasteiger partial charge on any atom is -0.478 e. The SMILES string of the molecule is C=C(CNC(CC)(CC)CO)C(=O)O. The lowest BCUT2D eigenvalue weighted by Gasteiger charge is -2.30. The molecule has 0 aromatic carbocycles. The fourth-order valence-electron chi connectivity index (χ4n) is 1.15. The van der Waals surface area contributed by atoms with Crippen molar-refractivity contribution < 1.29 is 15.0 Å². The molecule has 0 bridgehead atoms. The van der Waals surface area contributed by atoms with Crippen LogP contribution in [0.5, 0.6) is 0 Å². The molecule has 0 aliphatic rings. The van der Waals surface area contributed by atoms with Crippen molar-refractivity contribution >= 4 is 5.97 Å². The van der Waals surface area contributed by atoms with Crippen LogP contribution in [0.2, 0.25) is 0 Å². The highest BCUT2D eigenvalue weighted by molar-refractivity contribution is 5.86. The van der Waals surface area contributed by atoms with Crippen molar-refractivity contribution in [3.63, 3.8) is 0 Å². The van der Waals surface area contributed by atoms with E-state index in [-0.39, 0.29) is 24.3 Å². The molecule has 0 spiro atoms. The molecule has 0 saturated carbocycles. The minimum absolute atomic E-state index is 0.00684. The Morgan fingerprint density at radius 2 is 1.93 bits per heavy atom. The van der Waals surface area contributed by atoms with E-state index in [1.807, 2.05) is 13.8 Å². The van der Waals surface area contributed by atoms with Crippen LogP contribution >= 0.6 is 0 Å². The summed E-state index contributed by atoms with van der Waals surface area (Å²) in [4.78, 5) is 10.5. The standard InChI is InChI=1S/C10H19NO3/c1-4-10(5-2,7-12)11-6-8(3)9(13)14/h11-12H,3-7H2,1-2H3,(H,13,14). The Balaban J connectivity index is 4.19. The Morgan fingerprint density at radius 3 is 2.21 bits per heavy atom. The summed E-state index contributed by atoms with van der Waals surface area (Å²) >= 11 is 0. The van der Waals surface area contributed by atoms with Crippen molar-refractivity contribution in [3.8, 4) is 0 Å². The van der Waals surface area contributed by atoms with Crippen LogP contribution in [0.4, 0.5) is 0 Å². The number of hydrogen-bond acceptors (Lipinski definition) is 3. The van der Waals surface area contributed by atoms with Gasteiger partial charge in [0, 0.05) is 17.7 Å². The van der Waals surface area contributed by atoms with Crippen LogP contribution in [-0.4, -0.2) is 34.9 Å². The Bertz CT molecular complexity index is 201. The average Bonchev–Trinajstić information content (AvgIpc) is 2.20. The van der Waals surface area contributed by atoms with Crippen LogP contribution in [0.25, 0.3) is 0 Å². The molecule has 0 aromatic heterocycles. The normalized spacial score (nSPS) is 11.4. The molecule has 82 valence electrons. The van der Waals surface area contributed by atoms with E-state index in [0.717, 1.165) is 12.8 Å². The Hall–Kier alpha value is -0.870. The number of carbonyl (C=O) groups is 1. The lowest BCUT2D eigenvalue weighted by molar-refractivity contribution is -0.132. The van der Waals surface area contributed by atoms with Gasteiger partial charge in [0.1, 0.15) is 0 Å². The molecule has 0 atom stereocenters. The summed E-state index contributed by atoms with van der Waals surface area (Å²) in [5.41, 5.74) is -0.261. The molecule has 0 radical (unpaired) electrons. The number of rotatable bonds is 7. The van der Waals surface area contributed by atoms with Crippen LogP contribution in [0.15, 0.2) is 12.2 Å². The number of carboxylic acid groups (broad SMARTS) is 1. The molecule has 0 amide bonds. The number of nitrogens with one attached hydrogen (secondary N) is 1. The average molecular weight is 201 g/mol. The van der Waals surface area contributed by atoms with Crippen LogP contribution < -0.4 is 5.32 Å². The van der Waals surface area contributed by atoms with Gasteiger partial charge in [0.25, 0.3) is 0 Å². The summed E-state index contributed by atoms with van der Waals surface area (Å²) in [5, 5.41) is 20.8. The molecule has 0 saturated heterocycles. The van der Waals surface area contributed by atoms with Gasteiger partial charge >= 0.3 is 5.97 Å². The van der Waals surface area contributed by atoms with Crippen molar-refractivity contribution in [2.45, 2.75) is 32.2 Å². The maximum Gasteiger partial charge on any atom is 0.332 e. The maximum atomic E-state index is 10.5. The van der Waals surface area contributed by atoms with E-state index in [9.17, 15) is 9.90 Å². The quantitative estimate of drug-likeness (QED) is 0.532.